The summed E-state index contributed by atoms with van der Waals surface area (Å²) in [6.07, 6.45) is 4.26. The summed E-state index contributed by atoms with van der Waals surface area (Å²) in [6.45, 7) is 5.07. The van der Waals surface area contributed by atoms with Gasteiger partial charge in [0.15, 0.2) is 11.6 Å². The Bertz CT molecular complexity index is 1690. The van der Waals surface area contributed by atoms with Crippen molar-refractivity contribution in [1.82, 2.24) is 25.2 Å². The Morgan fingerprint density at radius 2 is 1.98 bits per heavy atom. The number of likely N-dealkylation sites (tertiary alicyclic amines) is 1. The SMILES string of the molecule is C=CC(=O)N1CCC2(CC1)CNC(=O)c1c2[nH]c(-c2ccnc3ccc(OC)nc23)c1Nc1cccc(F)c1OC. The zero-order chi connectivity index (χ0) is 28.7. The van der Waals surface area contributed by atoms with E-state index in [1.807, 2.05) is 12.1 Å². The molecule has 1 fully saturated rings. The maximum absolute atomic E-state index is 14.7. The van der Waals surface area contributed by atoms with Gasteiger partial charge in [0.25, 0.3) is 5.91 Å². The van der Waals surface area contributed by atoms with Crippen molar-refractivity contribution in [2.24, 2.45) is 0 Å². The Morgan fingerprint density at radius 3 is 2.71 bits per heavy atom. The molecule has 0 bridgehead atoms. The summed E-state index contributed by atoms with van der Waals surface area (Å²) in [4.78, 5) is 40.3. The van der Waals surface area contributed by atoms with E-state index in [-0.39, 0.29) is 17.6 Å². The molecule has 10 nitrogen and oxygen atoms in total. The summed E-state index contributed by atoms with van der Waals surface area (Å²) in [7, 11) is 2.93. The molecule has 11 heteroatoms. The number of carbonyl (C=O) groups is 2. The number of halogens is 1. The normalized spacial score (nSPS) is 15.8. The molecule has 3 N–H and O–H groups in total. The van der Waals surface area contributed by atoms with Crippen molar-refractivity contribution in [3.8, 4) is 22.9 Å². The van der Waals surface area contributed by atoms with E-state index in [2.05, 4.69) is 32.2 Å². The number of ether oxygens (including phenoxy) is 2. The summed E-state index contributed by atoms with van der Waals surface area (Å²) >= 11 is 0. The zero-order valence-corrected chi connectivity index (χ0v) is 22.7. The number of benzene rings is 1. The standard InChI is InChI=1S/C30H29FN6O4/c1-4-22(38)37-14-11-30(12-15-37)16-33-29(39)23-26(34-20-7-5-6-18(31)27(20)41-3)25(36-28(23)30)17-10-13-32-19-8-9-21(40-2)35-24(17)19/h4-10,13,34,36H,1,11-12,14-16H2,2-3H3,(H,33,39). The molecule has 2 amide bonds. The lowest BCUT2D eigenvalue weighted by Crippen LogP contribution is -2.53. The van der Waals surface area contributed by atoms with Crippen LogP contribution >= 0.6 is 0 Å². The van der Waals surface area contributed by atoms with Crippen molar-refractivity contribution >= 4 is 34.2 Å². The number of anilines is 2. The molecule has 5 heterocycles. The number of rotatable bonds is 6. The zero-order valence-electron chi connectivity index (χ0n) is 22.7. The van der Waals surface area contributed by atoms with Gasteiger partial charge in [0, 0.05) is 48.6 Å². The Balaban J connectivity index is 1.57. The van der Waals surface area contributed by atoms with Crippen LogP contribution in [-0.4, -0.2) is 65.5 Å². The largest absolute Gasteiger partial charge is 0.492 e. The number of pyridine rings is 2. The van der Waals surface area contributed by atoms with Gasteiger partial charge in [0.1, 0.15) is 5.52 Å². The minimum Gasteiger partial charge on any atom is -0.492 e. The quantitative estimate of drug-likeness (QED) is 0.303. The highest BCUT2D eigenvalue weighted by atomic mass is 19.1. The van der Waals surface area contributed by atoms with E-state index in [1.54, 1.807) is 36.4 Å². The van der Waals surface area contributed by atoms with Crippen LogP contribution < -0.4 is 20.1 Å². The van der Waals surface area contributed by atoms with Crippen LogP contribution in [0, 0.1) is 5.82 Å². The Morgan fingerprint density at radius 1 is 1.17 bits per heavy atom. The van der Waals surface area contributed by atoms with Gasteiger partial charge in [-0.3, -0.25) is 14.6 Å². The van der Waals surface area contributed by atoms with Crippen molar-refractivity contribution in [3.05, 3.63) is 72.3 Å². The molecule has 4 aromatic rings. The summed E-state index contributed by atoms with van der Waals surface area (Å²) in [6, 6.07) is 9.93. The van der Waals surface area contributed by atoms with Gasteiger partial charge in [-0.15, -0.1) is 0 Å². The highest BCUT2D eigenvalue weighted by molar-refractivity contribution is 6.08. The van der Waals surface area contributed by atoms with Gasteiger partial charge in [0.05, 0.1) is 42.4 Å². The van der Waals surface area contributed by atoms with E-state index in [1.165, 1.54) is 19.3 Å². The van der Waals surface area contributed by atoms with E-state index in [4.69, 9.17) is 9.47 Å². The Labute approximate surface area is 235 Å². The van der Waals surface area contributed by atoms with Gasteiger partial charge < -0.3 is 30.0 Å². The number of nitrogens with zero attached hydrogens (tertiary/aromatic N) is 3. The first-order valence-corrected chi connectivity index (χ1v) is 13.2. The first-order valence-electron chi connectivity index (χ1n) is 13.2. The van der Waals surface area contributed by atoms with E-state index in [0.717, 1.165) is 5.69 Å². The van der Waals surface area contributed by atoms with Crippen LogP contribution in [0.5, 0.6) is 11.6 Å². The van der Waals surface area contributed by atoms with E-state index < -0.39 is 11.2 Å². The molecule has 0 radical (unpaired) electrons. The van der Waals surface area contributed by atoms with E-state index in [0.29, 0.717) is 77.6 Å². The monoisotopic (exact) mass is 556 g/mol. The number of aromatic nitrogens is 3. The molecular weight excluding hydrogens is 527 g/mol. The Hall–Kier alpha value is -4.93. The van der Waals surface area contributed by atoms with Gasteiger partial charge in [-0.2, -0.15) is 0 Å². The number of hydrogen-bond donors (Lipinski definition) is 3. The molecule has 2 aliphatic heterocycles. The molecule has 3 aromatic heterocycles. The van der Waals surface area contributed by atoms with E-state index in [9.17, 15) is 14.0 Å². The first-order chi connectivity index (χ1) is 19.9. The minimum absolute atomic E-state index is 0.0231. The second-order valence-corrected chi connectivity index (χ2v) is 10.1. The molecule has 1 aromatic carbocycles. The molecule has 0 aliphatic carbocycles. The molecule has 0 atom stereocenters. The van der Waals surface area contributed by atoms with Crippen LogP contribution in [0.15, 0.2) is 55.3 Å². The fraction of sp³-hybridized carbons (Fsp3) is 0.267. The molecule has 0 saturated carbocycles. The van der Waals surface area contributed by atoms with Gasteiger partial charge in [-0.1, -0.05) is 12.6 Å². The number of nitrogens with one attached hydrogen (secondary N) is 3. The van der Waals surface area contributed by atoms with Gasteiger partial charge in [-0.05, 0) is 43.2 Å². The summed E-state index contributed by atoms with van der Waals surface area (Å²) in [5, 5.41) is 6.37. The fourth-order valence-electron chi connectivity index (χ4n) is 5.86. The molecule has 1 saturated heterocycles. The fourth-order valence-corrected chi connectivity index (χ4v) is 5.86. The van der Waals surface area contributed by atoms with Crippen LogP contribution in [0.3, 0.4) is 0 Å². The Kier molecular flexibility index (Phi) is 6.56. The number of amides is 2. The van der Waals surface area contributed by atoms with Crippen LogP contribution in [0.25, 0.3) is 22.3 Å². The predicted octanol–water partition coefficient (Wildman–Crippen LogP) is 4.31. The number of carbonyl (C=O) groups excluding carboxylic acids is 2. The molecule has 1 spiro atoms. The van der Waals surface area contributed by atoms with Gasteiger partial charge in [0.2, 0.25) is 11.8 Å². The first kappa shape index (κ1) is 26.3. The minimum atomic E-state index is -0.538. The lowest BCUT2D eigenvalue weighted by Gasteiger charge is -2.43. The van der Waals surface area contributed by atoms with Crippen molar-refractivity contribution in [3.63, 3.8) is 0 Å². The van der Waals surface area contributed by atoms with Crippen molar-refractivity contribution < 1.29 is 23.5 Å². The number of hydrogen-bond acceptors (Lipinski definition) is 7. The maximum Gasteiger partial charge on any atom is 0.255 e. The number of H-pyrrole nitrogens is 1. The second kappa shape index (κ2) is 10.2. The maximum atomic E-state index is 14.7. The average molecular weight is 557 g/mol. The van der Waals surface area contributed by atoms with Crippen molar-refractivity contribution in [1.29, 1.82) is 0 Å². The highest BCUT2D eigenvalue weighted by Gasteiger charge is 2.46. The molecule has 0 unspecified atom stereocenters. The van der Waals surface area contributed by atoms with E-state index >= 15 is 0 Å². The van der Waals surface area contributed by atoms with Crippen LogP contribution in [0.4, 0.5) is 15.8 Å². The number of methoxy groups -OCH3 is 2. The molecule has 41 heavy (non-hydrogen) atoms. The van der Waals surface area contributed by atoms with Crippen molar-refractivity contribution in [2.75, 3.05) is 39.2 Å². The topological polar surface area (TPSA) is 121 Å². The third-order valence-electron chi connectivity index (χ3n) is 8.02. The molecular formula is C30H29FN6O4. The second-order valence-electron chi connectivity index (χ2n) is 10.1. The number of aromatic amines is 1. The molecule has 2 aliphatic rings. The molecule has 6 rings (SSSR count). The third kappa shape index (κ3) is 4.33. The lowest BCUT2D eigenvalue weighted by molar-refractivity contribution is -0.127. The number of para-hydroxylation sites is 1. The molecule has 210 valence electrons. The predicted molar refractivity (Wildman–Crippen MR) is 152 cm³/mol. The summed E-state index contributed by atoms with van der Waals surface area (Å²) in [5.74, 6) is -0.479. The van der Waals surface area contributed by atoms with Gasteiger partial charge in [-0.25, -0.2) is 9.37 Å². The van der Waals surface area contributed by atoms with Gasteiger partial charge >= 0.3 is 0 Å². The smallest absolute Gasteiger partial charge is 0.255 e. The average Bonchev–Trinajstić information content (AvgIpc) is 3.39. The summed E-state index contributed by atoms with van der Waals surface area (Å²) < 4.78 is 25.5. The highest BCUT2D eigenvalue weighted by Crippen LogP contribution is 2.47. The number of fused-ring (bicyclic) bond motifs is 3. The van der Waals surface area contributed by atoms with Crippen LogP contribution in [0.1, 0.15) is 28.9 Å². The van der Waals surface area contributed by atoms with Crippen molar-refractivity contribution in [2.45, 2.75) is 18.3 Å². The number of piperidine rings is 1. The summed E-state index contributed by atoms with van der Waals surface area (Å²) in [5.41, 5.74) is 4.04. The third-order valence-corrected chi connectivity index (χ3v) is 8.02. The lowest BCUT2D eigenvalue weighted by atomic mass is 9.72. The van der Waals surface area contributed by atoms with Crippen LogP contribution in [-0.2, 0) is 10.2 Å². The van der Waals surface area contributed by atoms with Crippen LogP contribution in [0.2, 0.25) is 0 Å².